The first-order chi connectivity index (χ1) is 5.96. The van der Waals surface area contributed by atoms with Crippen molar-refractivity contribution < 1.29 is 13.5 Å². The summed E-state index contributed by atoms with van der Waals surface area (Å²) in [7, 11) is -3.42. The van der Waals surface area contributed by atoms with Gasteiger partial charge in [-0.3, -0.25) is 5.11 Å². The van der Waals surface area contributed by atoms with Crippen LogP contribution in [0.25, 0.3) is 0 Å². The molecule has 0 saturated carbocycles. The van der Waals surface area contributed by atoms with Gasteiger partial charge in [0.05, 0.1) is 5.25 Å². The molecule has 0 saturated heterocycles. The van der Waals surface area contributed by atoms with Crippen molar-refractivity contribution in [1.29, 1.82) is 0 Å². The lowest BCUT2D eigenvalue weighted by molar-refractivity contribution is 0.343. The zero-order valence-electron chi connectivity index (χ0n) is 7.52. The number of para-hydroxylation sites is 1. The van der Waals surface area contributed by atoms with E-state index in [9.17, 15) is 13.5 Å². The van der Waals surface area contributed by atoms with Crippen LogP contribution in [0.2, 0.25) is 0 Å². The standard InChI is InChI=1S/C9H11O3S/c1-7(2)13(11,12)9-6-4-3-5-8(9)10/h3-7H,1-2H3. The van der Waals surface area contributed by atoms with Gasteiger partial charge in [-0.2, -0.15) is 0 Å². The smallest absolute Gasteiger partial charge is 0.197 e. The minimum absolute atomic E-state index is 0.106. The molecule has 0 N–H and O–H groups in total. The summed E-state index contributed by atoms with van der Waals surface area (Å²) in [6.07, 6.45) is 0. The predicted octanol–water partition coefficient (Wildman–Crippen LogP) is 2.01. The molecule has 1 aromatic rings. The Balaban J connectivity index is 3.32. The fourth-order valence-electron chi connectivity index (χ4n) is 0.939. The summed E-state index contributed by atoms with van der Waals surface area (Å²) in [5.41, 5.74) is 0. The number of sulfone groups is 1. The summed E-state index contributed by atoms with van der Waals surface area (Å²) in [5.74, 6) is -0.434. The largest absolute Gasteiger partial charge is 0.289 e. The highest BCUT2D eigenvalue weighted by molar-refractivity contribution is 7.92. The van der Waals surface area contributed by atoms with Gasteiger partial charge in [0.1, 0.15) is 4.90 Å². The van der Waals surface area contributed by atoms with Crippen molar-refractivity contribution in [3.63, 3.8) is 0 Å². The van der Waals surface area contributed by atoms with Gasteiger partial charge in [-0.1, -0.05) is 12.1 Å². The van der Waals surface area contributed by atoms with Crippen molar-refractivity contribution >= 4 is 9.84 Å². The molecule has 1 rings (SSSR count). The van der Waals surface area contributed by atoms with E-state index in [1.165, 1.54) is 18.2 Å². The zero-order chi connectivity index (χ0) is 10.1. The Morgan fingerprint density at radius 2 is 1.69 bits per heavy atom. The molecule has 0 spiro atoms. The molecule has 3 nitrogen and oxygen atoms in total. The third-order valence-corrected chi connectivity index (χ3v) is 3.97. The molecule has 0 unspecified atom stereocenters. The maximum Gasteiger partial charge on any atom is 0.197 e. The van der Waals surface area contributed by atoms with Gasteiger partial charge in [-0.25, -0.2) is 8.42 Å². The molecular formula is C9H11O3S. The lowest BCUT2D eigenvalue weighted by Gasteiger charge is -2.07. The first-order valence-corrected chi connectivity index (χ1v) is 5.51. The predicted molar refractivity (Wildman–Crippen MR) is 48.9 cm³/mol. The van der Waals surface area contributed by atoms with Gasteiger partial charge in [0.15, 0.2) is 15.6 Å². The first kappa shape index (κ1) is 10.1. The van der Waals surface area contributed by atoms with E-state index in [1.807, 2.05) is 0 Å². The Bertz CT molecular complexity index is 393. The summed E-state index contributed by atoms with van der Waals surface area (Å²) in [6, 6.07) is 5.69. The molecule has 0 aromatic heterocycles. The topological polar surface area (TPSA) is 54.0 Å². The fraction of sp³-hybridized carbons (Fsp3) is 0.333. The maximum absolute atomic E-state index is 11.6. The second kappa shape index (κ2) is 3.38. The van der Waals surface area contributed by atoms with Crippen molar-refractivity contribution in [3.05, 3.63) is 24.3 Å². The summed E-state index contributed by atoms with van der Waals surface area (Å²) in [5, 5.41) is 10.6. The lowest BCUT2D eigenvalue weighted by Crippen LogP contribution is -2.13. The Labute approximate surface area is 77.9 Å². The van der Waals surface area contributed by atoms with E-state index in [0.29, 0.717) is 0 Å². The molecule has 0 aliphatic rings. The Morgan fingerprint density at radius 3 is 2.15 bits per heavy atom. The van der Waals surface area contributed by atoms with Crippen LogP contribution in [0.5, 0.6) is 5.75 Å². The highest BCUT2D eigenvalue weighted by Gasteiger charge is 2.22. The monoisotopic (exact) mass is 199 g/mol. The fourth-order valence-corrected chi connectivity index (χ4v) is 2.06. The van der Waals surface area contributed by atoms with Crippen molar-refractivity contribution in [2.45, 2.75) is 24.0 Å². The van der Waals surface area contributed by atoms with E-state index in [-0.39, 0.29) is 4.90 Å². The first-order valence-electron chi connectivity index (χ1n) is 3.96. The van der Waals surface area contributed by atoms with Gasteiger partial charge < -0.3 is 0 Å². The van der Waals surface area contributed by atoms with E-state index in [1.54, 1.807) is 19.9 Å². The molecular weight excluding hydrogens is 188 g/mol. The van der Waals surface area contributed by atoms with E-state index in [2.05, 4.69) is 0 Å². The normalized spacial score (nSPS) is 11.9. The van der Waals surface area contributed by atoms with Crippen molar-refractivity contribution in [2.75, 3.05) is 0 Å². The van der Waals surface area contributed by atoms with Crippen LogP contribution in [0.4, 0.5) is 0 Å². The molecule has 0 heterocycles. The van der Waals surface area contributed by atoms with Gasteiger partial charge in [0.2, 0.25) is 0 Å². The third kappa shape index (κ3) is 1.83. The number of hydrogen-bond acceptors (Lipinski definition) is 2. The molecule has 13 heavy (non-hydrogen) atoms. The van der Waals surface area contributed by atoms with Crippen LogP contribution in [0.1, 0.15) is 13.8 Å². The molecule has 71 valence electrons. The van der Waals surface area contributed by atoms with Crippen LogP contribution in [0.15, 0.2) is 29.2 Å². The van der Waals surface area contributed by atoms with Gasteiger partial charge in [-0.15, -0.1) is 0 Å². The van der Waals surface area contributed by atoms with Crippen LogP contribution >= 0.6 is 0 Å². The van der Waals surface area contributed by atoms with Crippen LogP contribution in [-0.4, -0.2) is 13.7 Å². The second-order valence-electron chi connectivity index (χ2n) is 3.04. The molecule has 0 fully saturated rings. The van der Waals surface area contributed by atoms with E-state index in [0.717, 1.165) is 0 Å². The van der Waals surface area contributed by atoms with Crippen LogP contribution in [0.3, 0.4) is 0 Å². The SMILES string of the molecule is CC(C)S(=O)(=O)c1ccccc1[O]. The average Bonchev–Trinajstić information content (AvgIpc) is 2.04. The molecule has 1 aromatic carbocycles. The van der Waals surface area contributed by atoms with E-state index >= 15 is 0 Å². The Kier molecular flexibility index (Phi) is 2.61. The van der Waals surface area contributed by atoms with Gasteiger partial charge in [0.25, 0.3) is 0 Å². The summed E-state index contributed by atoms with van der Waals surface area (Å²) in [4.78, 5) is -0.106. The number of benzene rings is 1. The molecule has 0 aliphatic carbocycles. The van der Waals surface area contributed by atoms with E-state index < -0.39 is 20.8 Å². The lowest BCUT2D eigenvalue weighted by atomic mass is 10.3. The van der Waals surface area contributed by atoms with Crippen molar-refractivity contribution in [2.24, 2.45) is 0 Å². The third-order valence-electron chi connectivity index (χ3n) is 1.78. The van der Waals surface area contributed by atoms with Gasteiger partial charge in [-0.05, 0) is 26.0 Å². The molecule has 1 radical (unpaired) electrons. The highest BCUT2D eigenvalue weighted by Crippen LogP contribution is 2.25. The minimum atomic E-state index is -3.42. The molecule has 0 bridgehead atoms. The minimum Gasteiger partial charge on any atom is -0.289 e. The Hall–Kier alpha value is -1.03. The van der Waals surface area contributed by atoms with Crippen LogP contribution in [-0.2, 0) is 14.9 Å². The Morgan fingerprint density at radius 1 is 1.15 bits per heavy atom. The number of rotatable bonds is 2. The van der Waals surface area contributed by atoms with Crippen LogP contribution in [0, 0.1) is 0 Å². The molecule has 0 atom stereocenters. The van der Waals surface area contributed by atoms with Gasteiger partial charge in [0, 0.05) is 0 Å². The second-order valence-corrected chi connectivity index (χ2v) is 5.51. The molecule has 0 amide bonds. The molecule has 4 heteroatoms. The summed E-state index contributed by atoms with van der Waals surface area (Å²) >= 11 is 0. The van der Waals surface area contributed by atoms with Crippen LogP contribution < -0.4 is 0 Å². The highest BCUT2D eigenvalue weighted by atomic mass is 32.2. The maximum atomic E-state index is 11.6. The quantitative estimate of drug-likeness (QED) is 0.731. The molecule has 0 aliphatic heterocycles. The van der Waals surface area contributed by atoms with E-state index in [4.69, 9.17) is 0 Å². The van der Waals surface area contributed by atoms with Crippen molar-refractivity contribution in [1.82, 2.24) is 0 Å². The zero-order valence-corrected chi connectivity index (χ0v) is 8.34. The van der Waals surface area contributed by atoms with Crippen molar-refractivity contribution in [3.8, 4) is 5.75 Å². The summed E-state index contributed by atoms with van der Waals surface area (Å²) in [6.45, 7) is 3.11. The average molecular weight is 199 g/mol. The number of hydrogen-bond donors (Lipinski definition) is 0. The van der Waals surface area contributed by atoms with Gasteiger partial charge >= 0.3 is 0 Å². The summed E-state index contributed by atoms with van der Waals surface area (Å²) < 4.78 is 23.1.